The number of primary amides is 1. The third kappa shape index (κ3) is 2.32. The number of carbonyl (C=O) groups excluding carboxylic acids is 1. The molecule has 0 aliphatic carbocycles. The second kappa shape index (κ2) is 3.91. The Labute approximate surface area is 80.9 Å². The summed E-state index contributed by atoms with van der Waals surface area (Å²) in [6.07, 6.45) is 1.50. The predicted molar refractivity (Wildman–Crippen MR) is 52.0 cm³/mol. The van der Waals surface area contributed by atoms with E-state index in [1.54, 1.807) is 19.0 Å². The van der Waals surface area contributed by atoms with E-state index in [0.29, 0.717) is 5.69 Å². The van der Waals surface area contributed by atoms with Gasteiger partial charge in [-0.25, -0.2) is 4.68 Å². The van der Waals surface area contributed by atoms with E-state index in [0.717, 1.165) is 4.68 Å². The van der Waals surface area contributed by atoms with Gasteiger partial charge in [0.25, 0.3) is 5.56 Å². The molecule has 14 heavy (non-hydrogen) atoms. The van der Waals surface area contributed by atoms with E-state index < -0.39 is 5.91 Å². The summed E-state index contributed by atoms with van der Waals surface area (Å²) >= 11 is 0. The normalized spacial score (nSPS) is 9.86. The molecule has 1 aromatic rings. The molecule has 0 spiro atoms. The first-order valence-electron chi connectivity index (χ1n) is 4.03. The van der Waals surface area contributed by atoms with Gasteiger partial charge in [-0.1, -0.05) is 0 Å². The number of carbonyl (C=O) groups is 1. The summed E-state index contributed by atoms with van der Waals surface area (Å²) in [5.74, 6) is -0.586. The lowest BCUT2D eigenvalue weighted by atomic mass is 10.4. The maximum absolute atomic E-state index is 11.3. The van der Waals surface area contributed by atoms with Crippen molar-refractivity contribution in [3.63, 3.8) is 0 Å². The van der Waals surface area contributed by atoms with Gasteiger partial charge in [0.2, 0.25) is 5.91 Å². The van der Waals surface area contributed by atoms with Crippen molar-refractivity contribution >= 4 is 11.6 Å². The SMILES string of the molecule is CN(C)c1cnn(CC(N)=O)c(=O)c1. The fourth-order valence-electron chi connectivity index (χ4n) is 0.935. The topological polar surface area (TPSA) is 81.2 Å². The number of rotatable bonds is 3. The first-order chi connectivity index (χ1) is 6.50. The van der Waals surface area contributed by atoms with Crippen LogP contribution in [0.5, 0.6) is 0 Å². The van der Waals surface area contributed by atoms with Crippen LogP contribution < -0.4 is 16.2 Å². The van der Waals surface area contributed by atoms with E-state index in [2.05, 4.69) is 5.10 Å². The third-order valence-electron chi connectivity index (χ3n) is 1.68. The quantitative estimate of drug-likeness (QED) is 0.658. The summed E-state index contributed by atoms with van der Waals surface area (Å²) in [7, 11) is 3.60. The summed E-state index contributed by atoms with van der Waals surface area (Å²) in [6.45, 7) is -0.188. The van der Waals surface area contributed by atoms with Gasteiger partial charge in [-0.05, 0) is 0 Å². The van der Waals surface area contributed by atoms with Crippen molar-refractivity contribution in [2.75, 3.05) is 19.0 Å². The van der Waals surface area contributed by atoms with E-state index in [1.807, 2.05) is 0 Å². The molecule has 0 aromatic carbocycles. The molecular weight excluding hydrogens is 184 g/mol. The van der Waals surface area contributed by atoms with Crippen LogP contribution >= 0.6 is 0 Å². The number of nitrogens with zero attached hydrogens (tertiary/aromatic N) is 3. The zero-order valence-corrected chi connectivity index (χ0v) is 8.10. The molecule has 0 aliphatic heterocycles. The minimum Gasteiger partial charge on any atom is -0.376 e. The molecule has 1 heterocycles. The van der Waals surface area contributed by atoms with Crippen LogP contribution in [0, 0.1) is 0 Å². The van der Waals surface area contributed by atoms with Gasteiger partial charge in [-0.2, -0.15) is 5.10 Å². The van der Waals surface area contributed by atoms with E-state index in [9.17, 15) is 9.59 Å². The van der Waals surface area contributed by atoms with Crippen LogP contribution in [0.4, 0.5) is 5.69 Å². The van der Waals surface area contributed by atoms with Gasteiger partial charge >= 0.3 is 0 Å². The lowest BCUT2D eigenvalue weighted by Crippen LogP contribution is -2.30. The Balaban J connectivity index is 3.02. The van der Waals surface area contributed by atoms with Crippen LogP contribution in [0.2, 0.25) is 0 Å². The van der Waals surface area contributed by atoms with Gasteiger partial charge in [0, 0.05) is 20.2 Å². The fourth-order valence-corrected chi connectivity index (χ4v) is 0.935. The molecule has 76 valence electrons. The molecule has 1 rings (SSSR count). The number of anilines is 1. The Morgan fingerprint density at radius 3 is 2.71 bits per heavy atom. The average molecular weight is 196 g/mol. The summed E-state index contributed by atoms with van der Waals surface area (Å²) < 4.78 is 1.02. The second-order valence-electron chi connectivity index (χ2n) is 3.07. The van der Waals surface area contributed by atoms with Crippen LogP contribution in [-0.4, -0.2) is 29.8 Å². The van der Waals surface area contributed by atoms with Gasteiger partial charge in [-0.15, -0.1) is 0 Å². The molecular formula is C8H12N4O2. The number of amides is 1. The Hall–Kier alpha value is -1.85. The Bertz CT molecular complexity index is 397. The molecule has 2 N–H and O–H groups in total. The van der Waals surface area contributed by atoms with E-state index in [4.69, 9.17) is 5.73 Å². The van der Waals surface area contributed by atoms with Crippen molar-refractivity contribution in [1.29, 1.82) is 0 Å². The Morgan fingerprint density at radius 1 is 1.64 bits per heavy atom. The van der Waals surface area contributed by atoms with Gasteiger partial charge in [-0.3, -0.25) is 9.59 Å². The highest BCUT2D eigenvalue weighted by atomic mass is 16.2. The summed E-state index contributed by atoms with van der Waals surface area (Å²) in [5.41, 5.74) is 5.29. The minimum atomic E-state index is -0.586. The molecule has 0 radical (unpaired) electrons. The van der Waals surface area contributed by atoms with Crippen LogP contribution in [0.25, 0.3) is 0 Å². The average Bonchev–Trinajstić information content (AvgIpc) is 2.07. The number of hydrogen-bond acceptors (Lipinski definition) is 4. The fraction of sp³-hybridized carbons (Fsp3) is 0.375. The second-order valence-corrected chi connectivity index (χ2v) is 3.07. The summed E-state index contributed by atoms with van der Waals surface area (Å²) in [5, 5.41) is 3.80. The van der Waals surface area contributed by atoms with Crippen LogP contribution in [-0.2, 0) is 11.3 Å². The summed E-state index contributed by atoms with van der Waals surface area (Å²) in [4.78, 5) is 23.7. The van der Waals surface area contributed by atoms with Crippen molar-refractivity contribution in [1.82, 2.24) is 9.78 Å². The molecule has 0 aliphatic rings. The molecule has 0 fully saturated rings. The molecule has 1 amide bonds. The van der Waals surface area contributed by atoms with Crippen LogP contribution in [0.15, 0.2) is 17.1 Å². The third-order valence-corrected chi connectivity index (χ3v) is 1.68. The first kappa shape index (κ1) is 10.2. The molecule has 6 heteroatoms. The lowest BCUT2D eigenvalue weighted by Gasteiger charge is -2.11. The maximum Gasteiger partial charge on any atom is 0.269 e. The maximum atomic E-state index is 11.3. The van der Waals surface area contributed by atoms with Crippen molar-refractivity contribution in [2.24, 2.45) is 5.73 Å². The highest BCUT2D eigenvalue weighted by Gasteiger charge is 2.03. The van der Waals surface area contributed by atoms with Gasteiger partial charge in [0.1, 0.15) is 6.54 Å². The van der Waals surface area contributed by atoms with E-state index >= 15 is 0 Å². The van der Waals surface area contributed by atoms with Gasteiger partial charge < -0.3 is 10.6 Å². The summed E-state index contributed by atoms with van der Waals surface area (Å²) in [6, 6.07) is 1.40. The molecule has 0 saturated carbocycles. The highest BCUT2D eigenvalue weighted by Crippen LogP contribution is 2.02. The molecule has 0 bridgehead atoms. The van der Waals surface area contributed by atoms with Crippen molar-refractivity contribution in [3.8, 4) is 0 Å². The molecule has 6 nitrogen and oxygen atoms in total. The monoisotopic (exact) mass is 196 g/mol. The molecule has 0 atom stereocenters. The lowest BCUT2D eigenvalue weighted by molar-refractivity contribution is -0.118. The van der Waals surface area contributed by atoms with E-state index in [1.165, 1.54) is 12.3 Å². The van der Waals surface area contributed by atoms with Crippen LogP contribution in [0.3, 0.4) is 0 Å². The number of hydrogen-bond donors (Lipinski definition) is 1. The van der Waals surface area contributed by atoms with E-state index in [-0.39, 0.29) is 12.1 Å². The Morgan fingerprint density at radius 2 is 2.29 bits per heavy atom. The number of nitrogens with two attached hydrogens (primary N) is 1. The van der Waals surface area contributed by atoms with Crippen LogP contribution in [0.1, 0.15) is 0 Å². The smallest absolute Gasteiger partial charge is 0.269 e. The number of aromatic nitrogens is 2. The predicted octanol–water partition coefficient (Wildman–Crippen LogP) is -1.21. The standard InChI is InChI=1S/C8H12N4O2/c1-11(2)6-3-8(14)12(10-4-6)5-7(9)13/h3-4H,5H2,1-2H3,(H2,9,13). The molecule has 0 saturated heterocycles. The van der Waals surface area contributed by atoms with Crippen molar-refractivity contribution in [3.05, 3.63) is 22.6 Å². The molecule has 0 unspecified atom stereocenters. The highest BCUT2D eigenvalue weighted by molar-refractivity contribution is 5.73. The zero-order chi connectivity index (χ0) is 10.7. The Kier molecular flexibility index (Phi) is 2.85. The van der Waals surface area contributed by atoms with Gasteiger partial charge in [0.15, 0.2) is 0 Å². The van der Waals surface area contributed by atoms with Crippen molar-refractivity contribution in [2.45, 2.75) is 6.54 Å². The van der Waals surface area contributed by atoms with Crippen molar-refractivity contribution < 1.29 is 4.79 Å². The minimum absolute atomic E-state index is 0.188. The zero-order valence-electron chi connectivity index (χ0n) is 8.10. The molecule has 1 aromatic heterocycles. The van der Waals surface area contributed by atoms with Gasteiger partial charge in [0.05, 0.1) is 11.9 Å². The largest absolute Gasteiger partial charge is 0.376 e. The first-order valence-corrected chi connectivity index (χ1v) is 4.03.